The SMILES string of the molecule is COc1ccc(CN(Cc2ccc(OC)cc2)S(=O)(=O)c2c(S(=O)(=O)NCC(CNC(=O)O)O[Si](C)(C)C(C)(C)C)ccc(N3CCC(=CCN)CC3)c2-c2nnn(Cc3ccc(OC)cc3)n2)cc1. The Morgan fingerprint density at radius 3 is 1.84 bits per heavy atom. The first-order valence-electron chi connectivity index (χ1n) is 22.8. The van der Waals surface area contributed by atoms with Gasteiger partial charge in [-0.15, -0.1) is 10.2 Å². The number of amides is 1. The van der Waals surface area contributed by atoms with Gasteiger partial charge in [-0.1, -0.05) is 68.8 Å². The summed E-state index contributed by atoms with van der Waals surface area (Å²) in [7, 11) is -7.70. The van der Waals surface area contributed by atoms with Crippen LogP contribution in [0.2, 0.25) is 18.1 Å². The lowest BCUT2D eigenvalue weighted by Crippen LogP contribution is -2.50. The van der Waals surface area contributed by atoms with Gasteiger partial charge in [0.15, 0.2) is 8.32 Å². The zero-order valence-electron chi connectivity index (χ0n) is 41.0. The molecule has 1 atom stereocenters. The third-order valence-corrected chi connectivity index (χ3v) is 20.6. The maximum atomic E-state index is 16.1. The van der Waals surface area contributed by atoms with Crippen LogP contribution in [-0.2, 0) is 44.1 Å². The largest absolute Gasteiger partial charge is 0.497 e. The summed E-state index contributed by atoms with van der Waals surface area (Å²) >= 11 is 0. The average molecular weight is 1020 g/mol. The molecule has 22 heteroatoms. The maximum absolute atomic E-state index is 16.1. The number of nitrogens with zero attached hydrogens (tertiary/aromatic N) is 6. The lowest BCUT2D eigenvalue weighted by atomic mass is 10.0. The van der Waals surface area contributed by atoms with E-state index in [4.69, 9.17) is 29.5 Å². The molecule has 1 unspecified atom stereocenters. The minimum atomic E-state index is -4.92. The van der Waals surface area contributed by atoms with E-state index in [1.807, 2.05) is 57.0 Å². The smallest absolute Gasteiger partial charge is 0.404 e. The van der Waals surface area contributed by atoms with Crippen LogP contribution in [0.3, 0.4) is 0 Å². The van der Waals surface area contributed by atoms with Crippen molar-refractivity contribution in [2.24, 2.45) is 5.73 Å². The molecule has 1 aliphatic heterocycles. The molecule has 0 spiro atoms. The van der Waals surface area contributed by atoms with E-state index < -0.39 is 56.9 Å². The number of nitrogens with two attached hydrogens (primary N) is 1. The van der Waals surface area contributed by atoms with Crippen molar-refractivity contribution in [1.29, 1.82) is 0 Å². The lowest BCUT2D eigenvalue weighted by molar-refractivity contribution is 0.163. The molecule has 2 heterocycles. The third kappa shape index (κ3) is 13.3. The fourth-order valence-electron chi connectivity index (χ4n) is 7.67. The number of piperidine rings is 1. The zero-order valence-corrected chi connectivity index (χ0v) is 43.6. The quantitative estimate of drug-likeness (QED) is 0.0444. The second-order valence-electron chi connectivity index (χ2n) is 18.4. The van der Waals surface area contributed by atoms with Crippen molar-refractivity contribution in [1.82, 2.24) is 34.6 Å². The Morgan fingerprint density at radius 2 is 1.36 bits per heavy atom. The molecule has 0 aliphatic carbocycles. The van der Waals surface area contributed by atoms with Gasteiger partial charge in [0, 0.05) is 51.5 Å². The molecule has 0 saturated carbocycles. The van der Waals surface area contributed by atoms with Crippen LogP contribution in [-0.4, -0.2) is 121 Å². The summed E-state index contributed by atoms with van der Waals surface area (Å²) in [6.07, 6.45) is 0.949. The number of carbonyl (C=O) groups is 1. The zero-order chi connectivity index (χ0) is 50.9. The molecule has 1 fully saturated rings. The predicted molar refractivity (Wildman–Crippen MR) is 270 cm³/mol. The highest BCUT2D eigenvalue weighted by Gasteiger charge is 2.41. The van der Waals surface area contributed by atoms with Crippen molar-refractivity contribution in [3.05, 3.63) is 113 Å². The summed E-state index contributed by atoms with van der Waals surface area (Å²) in [6.45, 7) is 10.4. The van der Waals surface area contributed by atoms with Gasteiger partial charge in [0.1, 0.15) is 27.0 Å². The third-order valence-electron chi connectivity index (χ3n) is 12.6. The van der Waals surface area contributed by atoms with E-state index in [1.165, 1.54) is 29.4 Å². The molecule has 1 saturated heterocycles. The number of sulfonamides is 2. The minimum Gasteiger partial charge on any atom is -0.497 e. The van der Waals surface area contributed by atoms with Gasteiger partial charge in [0.25, 0.3) is 0 Å². The van der Waals surface area contributed by atoms with Gasteiger partial charge in [-0.05, 0) is 101 Å². The Balaban J connectivity index is 1.58. The van der Waals surface area contributed by atoms with Crippen molar-refractivity contribution < 1.29 is 45.4 Å². The van der Waals surface area contributed by atoms with Crippen molar-refractivity contribution >= 4 is 40.1 Å². The van der Waals surface area contributed by atoms with Crippen LogP contribution < -0.4 is 34.9 Å². The second-order valence-corrected chi connectivity index (χ2v) is 26.7. The standard InChI is InChI=1S/C48H65N9O10S2Si/c1-48(2,3)70(7,8)67-41(29-50-47(58)59)30-51-68(60,61)43-22-21-42(55-27-24-34(23-26-49)25-28-55)44(46-52-54-57(53-46)33-37-13-19-40(66-6)20-14-37)45(43)69(62,63)56(31-35-9-15-38(64-4)16-10-35)32-36-11-17-39(65-5)18-12-36/h9-23,41,50-51H,24-33,49H2,1-8H3,(H,58,59). The van der Waals surface area contributed by atoms with Crippen LogP contribution in [0.1, 0.15) is 50.3 Å². The van der Waals surface area contributed by atoms with Crippen LogP contribution in [0.4, 0.5) is 10.5 Å². The van der Waals surface area contributed by atoms with E-state index in [-0.39, 0.29) is 42.6 Å². The molecule has 1 aliphatic rings. The Kier molecular flexibility index (Phi) is 17.5. The number of hydrogen-bond donors (Lipinski definition) is 4. The summed E-state index contributed by atoms with van der Waals surface area (Å²) in [5.41, 5.74) is 9.34. The van der Waals surface area contributed by atoms with E-state index in [0.29, 0.717) is 66.5 Å². The first kappa shape index (κ1) is 53.5. The summed E-state index contributed by atoms with van der Waals surface area (Å²) in [5.74, 6) is 1.65. The molecule has 4 aromatic carbocycles. The molecule has 0 bridgehead atoms. The Hall–Kier alpha value is -5.88. The van der Waals surface area contributed by atoms with Crippen LogP contribution in [0.15, 0.2) is 106 Å². The molecule has 19 nitrogen and oxygen atoms in total. The van der Waals surface area contributed by atoms with Gasteiger partial charge in [-0.25, -0.2) is 26.4 Å². The van der Waals surface area contributed by atoms with Gasteiger partial charge in [-0.3, -0.25) is 0 Å². The number of hydrogen-bond acceptors (Lipinski definition) is 14. The molecule has 5 N–H and O–H groups in total. The summed E-state index contributed by atoms with van der Waals surface area (Å²) < 4.78 is 89.1. The maximum Gasteiger partial charge on any atom is 0.404 e. The Morgan fingerprint density at radius 1 is 0.829 bits per heavy atom. The minimum absolute atomic E-state index is 0.0637. The van der Waals surface area contributed by atoms with Crippen molar-refractivity contribution in [3.63, 3.8) is 0 Å². The predicted octanol–water partition coefficient (Wildman–Crippen LogP) is 6.23. The highest BCUT2D eigenvalue weighted by atomic mass is 32.2. The molecule has 70 heavy (non-hydrogen) atoms. The highest BCUT2D eigenvalue weighted by molar-refractivity contribution is 7.92. The summed E-state index contributed by atoms with van der Waals surface area (Å²) in [4.78, 5) is 13.9. The number of aromatic nitrogens is 4. The van der Waals surface area contributed by atoms with Crippen LogP contribution in [0, 0.1) is 0 Å². The number of ether oxygens (including phenoxy) is 3. The van der Waals surface area contributed by atoms with E-state index in [1.54, 1.807) is 73.8 Å². The van der Waals surface area contributed by atoms with Gasteiger partial charge in [0.2, 0.25) is 25.9 Å². The molecule has 1 aromatic heterocycles. The molecule has 6 rings (SSSR count). The van der Waals surface area contributed by atoms with Crippen molar-refractivity contribution in [2.75, 3.05) is 59.0 Å². The van der Waals surface area contributed by atoms with E-state index in [2.05, 4.69) is 20.4 Å². The number of methoxy groups -OCH3 is 3. The molecule has 0 radical (unpaired) electrons. The van der Waals surface area contributed by atoms with E-state index in [0.717, 1.165) is 11.1 Å². The Bertz CT molecular complexity index is 2760. The van der Waals surface area contributed by atoms with Crippen LogP contribution >= 0.6 is 0 Å². The first-order chi connectivity index (χ1) is 33.2. The molecule has 5 aromatic rings. The summed E-state index contributed by atoms with van der Waals surface area (Å²) in [6, 6.07) is 24.0. The number of tetrazole rings is 1. The van der Waals surface area contributed by atoms with E-state index in [9.17, 15) is 9.90 Å². The molecular weight excluding hydrogens is 955 g/mol. The Labute approximate surface area is 412 Å². The number of carboxylic acid groups (broad SMARTS) is 1. The van der Waals surface area contributed by atoms with E-state index >= 15 is 16.8 Å². The number of rotatable bonds is 22. The van der Waals surface area contributed by atoms with Gasteiger partial charge >= 0.3 is 6.09 Å². The first-order valence-corrected chi connectivity index (χ1v) is 28.6. The number of benzene rings is 4. The second kappa shape index (κ2) is 22.9. The summed E-state index contributed by atoms with van der Waals surface area (Å²) in [5, 5.41) is 25.2. The molecular formula is C48H65N9O10S2Si. The van der Waals surface area contributed by atoms with Crippen molar-refractivity contribution in [2.45, 2.75) is 87.3 Å². The number of nitrogens with one attached hydrogen (secondary N) is 2. The average Bonchev–Trinajstić information content (AvgIpc) is 3.80. The highest BCUT2D eigenvalue weighted by Crippen LogP contribution is 2.43. The normalized spacial score (nSPS) is 14.1. The topological polar surface area (TPSA) is 243 Å². The van der Waals surface area contributed by atoms with Gasteiger partial charge < -0.3 is 39.7 Å². The lowest BCUT2D eigenvalue weighted by Gasteiger charge is -2.39. The van der Waals surface area contributed by atoms with Gasteiger partial charge in [0.05, 0.1) is 39.5 Å². The van der Waals surface area contributed by atoms with Crippen LogP contribution in [0.25, 0.3) is 11.4 Å². The number of anilines is 1. The monoisotopic (exact) mass is 1020 g/mol. The molecule has 1 amide bonds. The fraction of sp³-hybridized carbons (Fsp3) is 0.417. The molecule has 378 valence electrons. The van der Waals surface area contributed by atoms with Gasteiger partial charge in [-0.2, -0.15) is 9.10 Å². The van der Waals surface area contributed by atoms with Crippen molar-refractivity contribution in [3.8, 4) is 28.6 Å². The fourth-order valence-corrected chi connectivity index (χ4v) is 12.5. The van der Waals surface area contributed by atoms with Crippen LogP contribution in [0.5, 0.6) is 17.2 Å².